The normalized spacial score (nSPS) is 14.0. The molecule has 6 N–H and O–H groups in total. The highest BCUT2D eigenvalue weighted by molar-refractivity contribution is 6.02. The molecule has 0 saturated heterocycles. The van der Waals surface area contributed by atoms with Crippen LogP contribution in [0, 0.1) is 0 Å². The zero-order valence-electron chi connectivity index (χ0n) is 21.7. The van der Waals surface area contributed by atoms with Crippen molar-refractivity contribution in [3.63, 3.8) is 0 Å². The predicted molar refractivity (Wildman–Crippen MR) is 148 cm³/mol. The number of carbonyl (C=O) groups is 1. The van der Waals surface area contributed by atoms with E-state index in [2.05, 4.69) is 38.0 Å². The molecule has 1 aliphatic rings. The van der Waals surface area contributed by atoms with E-state index in [9.17, 15) is 4.79 Å². The van der Waals surface area contributed by atoms with Crippen LogP contribution in [-0.4, -0.2) is 37.3 Å². The fraction of sp³-hybridized carbons (Fsp3) is 0.393. The van der Waals surface area contributed by atoms with Crippen LogP contribution in [0.1, 0.15) is 45.6 Å². The van der Waals surface area contributed by atoms with Gasteiger partial charge in [0.25, 0.3) is 0 Å². The summed E-state index contributed by atoms with van der Waals surface area (Å²) in [6.07, 6.45) is 6.21. The van der Waals surface area contributed by atoms with Crippen LogP contribution in [0.5, 0.6) is 5.75 Å². The highest BCUT2D eigenvalue weighted by Gasteiger charge is 2.27. The van der Waals surface area contributed by atoms with E-state index < -0.39 is 0 Å². The molecule has 0 aliphatic heterocycles. The van der Waals surface area contributed by atoms with E-state index in [0.29, 0.717) is 12.6 Å². The second kappa shape index (κ2) is 11.3. The number of aromatic nitrogens is 1. The number of amides is 2. The largest absolute Gasteiger partial charge is 0.493 e. The third kappa shape index (κ3) is 5.53. The fourth-order valence-electron chi connectivity index (χ4n) is 4.59. The topological polar surface area (TPSA) is 105 Å². The summed E-state index contributed by atoms with van der Waals surface area (Å²) in [6, 6.07) is 14.3. The van der Waals surface area contributed by atoms with Crippen molar-refractivity contribution in [2.45, 2.75) is 51.6 Å². The number of ether oxygens (including phenoxy) is 1. The van der Waals surface area contributed by atoms with E-state index in [4.69, 9.17) is 10.5 Å². The Kier molecular flexibility index (Phi) is 7.93. The second-order valence-electron chi connectivity index (χ2n) is 9.53. The molecular weight excluding hydrogens is 452 g/mol. The summed E-state index contributed by atoms with van der Waals surface area (Å²) >= 11 is 0. The zero-order valence-corrected chi connectivity index (χ0v) is 21.7. The fourth-order valence-corrected chi connectivity index (χ4v) is 4.59. The van der Waals surface area contributed by atoms with Gasteiger partial charge in [0.15, 0.2) is 0 Å². The highest BCUT2D eigenvalue weighted by Crippen LogP contribution is 2.44. The standard InChI is InChI=1S/C28H38N6O2/c1-18(2)32-28(35)33-20-10-8-19(9-11-20)27-26(29)24-13-12-23(36-15-14-21(31-4)17-30-3)16-25(24)34(27)22-6-5-7-22/h8-13,16-18,22,30-31H,5-7,14-15,29H2,1-4H3,(H2,32,33,35)/b21-17-. The molecule has 0 spiro atoms. The van der Waals surface area contributed by atoms with Gasteiger partial charge in [-0.3, -0.25) is 0 Å². The molecule has 1 saturated carbocycles. The molecule has 0 unspecified atom stereocenters. The molecular formula is C28H38N6O2. The molecule has 4 rings (SSSR count). The number of nitrogens with one attached hydrogen (secondary N) is 4. The molecule has 0 atom stereocenters. The summed E-state index contributed by atoms with van der Waals surface area (Å²) in [5, 5.41) is 13.0. The summed E-state index contributed by atoms with van der Waals surface area (Å²) in [5.74, 6) is 0.836. The van der Waals surface area contributed by atoms with Crippen molar-refractivity contribution in [1.29, 1.82) is 0 Å². The molecule has 1 aromatic heterocycles. The number of carbonyl (C=O) groups excluding carboxylic acids is 1. The average Bonchev–Trinajstić information content (AvgIpc) is 3.09. The van der Waals surface area contributed by atoms with E-state index in [1.165, 1.54) is 6.42 Å². The molecule has 1 fully saturated rings. The number of hydrogen-bond donors (Lipinski definition) is 5. The first-order valence-corrected chi connectivity index (χ1v) is 12.7. The number of nitrogens with zero attached hydrogens (tertiary/aromatic N) is 1. The molecule has 3 aromatic rings. The first-order valence-electron chi connectivity index (χ1n) is 12.7. The number of nitrogen functional groups attached to an aromatic ring is 1. The van der Waals surface area contributed by atoms with Crippen molar-refractivity contribution in [3.8, 4) is 17.0 Å². The lowest BCUT2D eigenvalue weighted by molar-refractivity contribution is 0.250. The molecule has 1 aliphatic carbocycles. The van der Waals surface area contributed by atoms with Crippen LogP contribution in [0.4, 0.5) is 16.2 Å². The third-order valence-corrected chi connectivity index (χ3v) is 6.57. The third-order valence-electron chi connectivity index (χ3n) is 6.57. The SMILES string of the molecule is CN/C=C(/CCOc1ccc2c(N)c(-c3ccc(NC(=O)NC(C)C)cc3)n(C3CCC3)c2c1)NC. The van der Waals surface area contributed by atoms with Crippen molar-refractivity contribution in [2.24, 2.45) is 0 Å². The van der Waals surface area contributed by atoms with Crippen molar-refractivity contribution < 1.29 is 9.53 Å². The van der Waals surface area contributed by atoms with Crippen LogP contribution in [0.3, 0.4) is 0 Å². The number of hydrogen-bond acceptors (Lipinski definition) is 5. The van der Waals surface area contributed by atoms with Gasteiger partial charge in [0.2, 0.25) is 0 Å². The highest BCUT2D eigenvalue weighted by atomic mass is 16.5. The van der Waals surface area contributed by atoms with Crippen LogP contribution in [-0.2, 0) is 0 Å². The summed E-state index contributed by atoms with van der Waals surface area (Å²) in [4.78, 5) is 12.1. The van der Waals surface area contributed by atoms with E-state index in [1.54, 1.807) is 0 Å². The lowest BCUT2D eigenvalue weighted by Gasteiger charge is -2.30. The van der Waals surface area contributed by atoms with Crippen LogP contribution in [0.25, 0.3) is 22.2 Å². The quantitative estimate of drug-likeness (QED) is 0.269. The zero-order chi connectivity index (χ0) is 25.7. The first-order chi connectivity index (χ1) is 17.4. The summed E-state index contributed by atoms with van der Waals surface area (Å²) in [6.45, 7) is 4.44. The minimum absolute atomic E-state index is 0.0753. The van der Waals surface area contributed by atoms with Gasteiger partial charge in [-0.2, -0.15) is 0 Å². The maximum atomic E-state index is 12.1. The van der Waals surface area contributed by atoms with Gasteiger partial charge in [-0.25, -0.2) is 4.79 Å². The number of rotatable bonds is 10. The maximum Gasteiger partial charge on any atom is 0.319 e. The van der Waals surface area contributed by atoms with Crippen molar-refractivity contribution in [1.82, 2.24) is 20.5 Å². The van der Waals surface area contributed by atoms with Crippen LogP contribution < -0.4 is 31.7 Å². The van der Waals surface area contributed by atoms with E-state index >= 15 is 0 Å². The molecule has 8 heteroatoms. The Morgan fingerprint density at radius 3 is 2.53 bits per heavy atom. The van der Waals surface area contributed by atoms with Gasteiger partial charge in [-0.15, -0.1) is 0 Å². The summed E-state index contributed by atoms with van der Waals surface area (Å²) in [5.41, 5.74) is 12.5. The maximum absolute atomic E-state index is 12.1. The molecule has 192 valence electrons. The van der Waals surface area contributed by atoms with Gasteiger partial charge in [-0.05, 0) is 57.4 Å². The van der Waals surface area contributed by atoms with Gasteiger partial charge in [0, 0.05) is 67.2 Å². The monoisotopic (exact) mass is 490 g/mol. The minimum Gasteiger partial charge on any atom is -0.493 e. The van der Waals surface area contributed by atoms with Crippen molar-refractivity contribution in [2.75, 3.05) is 31.8 Å². The summed E-state index contributed by atoms with van der Waals surface area (Å²) in [7, 11) is 3.80. The van der Waals surface area contributed by atoms with E-state index in [0.717, 1.165) is 64.2 Å². The molecule has 0 bridgehead atoms. The molecule has 2 amide bonds. The van der Waals surface area contributed by atoms with Crippen LogP contribution in [0.2, 0.25) is 0 Å². The Morgan fingerprint density at radius 1 is 1.17 bits per heavy atom. The van der Waals surface area contributed by atoms with Crippen LogP contribution in [0.15, 0.2) is 54.4 Å². The lowest BCUT2D eigenvalue weighted by Crippen LogP contribution is -2.34. The molecule has 8 nitrogen and oxygen atoms in total. The average molecular weight is 491 g/mol. The number of urea groups is 1. The Hall–Kier alpha value is -3.81. The van der Waals surface area contributed by atoms with E-state index in [-0.39, 0.29) is 12.1 Å². The lowest BCUT2D eigenvalue weighted by atomic mass is 9.92. The smallest absolute Gasteiger partial charge is 0.319 e. The molecule has 0 radical (unpaired) electrons. The Balaban J connectivity index is 1.62. The molecule has 36 heavy (non-hydrogen) atoms. The van der Waals surface area contributed by atoms with Crippen molar-refractivity contribution >= 4 is 28.3 Å². The first kappa shape index (κ1) is 25.3. The van der Waals surface area contributed by atoms with Crippen LogP contribution >= 0.6 is 0 Å². The van der Waals surface area contributed by atoms with E-state index in [1.807, 2.05) is 64.5 Å². The minimum atomic E-state index is -0.211. The molecule has 2 aromatic carbocycles. The van der Waals surface area contributed by atoms with Gasteiger partial charge in [0.05, 0.1) is 23.5 Å². The molecule has 1 heterocycles. The Bertz CT molecular complexity index is 1230. The van der Waals surface area contributed by atoms with Gasteiger partial charge >= 0.3 is 6.03 Å². The Morgan fingerprint density at radius 2 is 1.92 bits per heavy atom. The second-order valence-corrected chi connectivity index (χ2v) is 9.53. The van der Waals surface area contributed by atoms with Crippen molar-refractivity contribution in [3.05, 3.63) is 54.4 Å². The predicted octanol–water partition coefficient (Wildman–Crippen LogP) is 5.19. The summed E-state index contributed by atoms with van der Waals surface area (Å²) < 4.78 is 8.49. The van der Waals surface area contributed by atoms with Gasteiger partial charge in [0.1, 0.15) is 5.75 Å². The van der Waals surface area contributed by atoms with Gasteiger partial charge in [-0.1, -0.05) is 12.1 Å². The number of anilines is 2. The number of fused-ring (bicyclic) bond motifs is 1. The Labute approximate surface area is 213 Å². The number of benzene rings is 2. The number of nitrogens with two attached hydrogens (primary N) is 1. The van der Waals surface area contributed by atoms with Gasteiger partial charge < -0.3 is 36.3 Å².